The Morgan fingerprint density at radius 2 is 2.32 bits per heavy atom. The van der Waals surface area contributed by atoms with E-state index in [0.29, 0.717) is 23.6 Å². The van der Waals surface area contributed by atoms with E-state index in [-0.39, 0.29) is 11.5 Å². The molecule has 0 radical (unpaired) electrons. The molecule has 1 N–H and O–H groups in total. The number of likely N-dealkylation sites (tertiary alicyclic amines) is 1. The van der Waals surface area contributed by atoms with Crippen LogP contribution < -0.4 is 5.69 Å². The number of nitrogens with one attached hydrogen (secondary N) is 1. The van der Waals surface area contributed by atoms with Crippen LogP contribution >= 0.6 is 0 Å². The highest BCUT2D eigenvalue weighted by molar-refractivity contribution is 5.75. The SMILES string of the molecule is CCN1CCCC1Cn1c(=O)[nH]c2cccc(F)c21. The summed E-state index contributed by atoms with van der Waals surface area (Å²) in [4.78, 5) is 17.1. The van der Waals surface area contributed by atoms with Crippen molar-refractivity contribution in [3.63, 3.8) is 0 Å². The summed E-state index contributed by atoms with van der Waals surface area (Å²) in [5, 5.41) is 0. The normalized spacial score (nSPS) is 20.4. The van der Waals surface area contributed by atoms with Crippen LogP contribution in [0.15, 0.2) is 23.0 Å². The van der Waals surface area contributed by atoms with Gasteiger partial charge in [0.05, 0.1) is 5.52 Å². The lowest BCUT2D eigenvalue weighted by Crippen LogP contribution is -2.35. The fraction of sp³-hybridized carbons (Fsp3) is 0.500. The number of fused-ring (bicyclic) bond motifs is 1. The number of hydrogen-bond donors (Lipinski definition) is 1. The molecule has 19 heavy (non-hydrogen) atoms. The van der Waals surface area contributed by atoms with E-state index in [1.54, 1.807) is 16.7 Å². The molecule has 1 aliphatic heterocycles. The van der Waals surface area contributed by atoms with E-state index in [0.717, 1.165) is 25.9 Å². The van der Waals surface area contributed by atoms with Crippen molar-refractivity contribution in [1.29, 1.82) is 0 Å². The number of nitrogens with zero attached hydrogens (tertiary/aromatic N) is 2. The van der Waals surface area contributed by atoms with Gasteiger partial charge in [-0.2, -0.15) is 0 Å². The molecule has 102 valence electrons. The van der Waals surface area contributed by atoms with Gasteiger partial charge in [0, 0.05) is 12.6 Å². The first-order valence-corrected chi connectivity index (χ1v) is 6.81. The third-order valence-electron chi connectivity index (χ3n) is 4.04. The molecule has 5 heteroatoms. The van der Waals surface area contributed by atoms with Crippen molar-refractivity contribution in [3.05, 3.63) is 34.5 Å². The zero-order valence-electron chi connectivity index (χ0n) is 11.0. The van der Waals surface area contributed by atoms with Gasteiger partial charge in [-0.1, -0.05) is 13.0 Å². The Balaban J connectivity index is 2.01. The van der Waals surface area contributed by atoms with Crippen molar-refractivity contribution < 1.29 is 4.39 Å². The second-order valence-electron chi connectivity index (χ2n) is 5.10. The molecule has 1 fully saturated rings. The van der Waals surface area contributed by atoms with Crippen LogP contribution in [0.5, 0.6) is 0 Å². The first-order chi connectivity index (χ1) is 9.20. The second-order valence-corrected chi connectivity index (χ2v) is 5.10. The van der Waals surface area contributed by atoms with Crippen molar-refractivity contribution in [2.75, 3.05) is 13.1 Å². The molecular weight excluding hydrogens is 245 g/mol. The zero-order chi connectivity index (χ0) is 13.4. The largest absolute Gasteiger partial charge is 0.326 e. The van der Waals surface area contributed by atoms with E-state index < -0.39 is 0 Å². The summed E-state index contributed by atoms with van der Waals surface area (Å²) < 4.78 is 15.5. The number of benzene rings is 1. The summed E-state index contributed by atoms with van der Waals surface area (Å²) in [5.74, 6) is -0.336. The molecule has 1 unspecified atom stereocenters. The summed E-state index contributed by atoms with van der Waals surface area (Å²) >= 11 is 0. The van der Waals surface area contributed by atoms with Gasteiger partial charge in [0.15, 0.2) is 0 Å². The summed E-state index contributed by atoms with van der Waals surface area (Å²) in [6.07, 6.45) is 2.22. The molecule has 1 aromatic carbocycles. The lowest BCUT2D eigenvalue weighted by Gasteiger charge is -2.22. The molecule has 0 spiro atoms. The minimum Gasteiger partial charge on any atom is -0.305 e. The molecule has 4 nitrogen and oxygen atoms in total. The van der Waals surface area contributed by atoms with Crippen molar-refractivity contribution in [1.82, 2.24) is 14.5 Å². The van der Waals surface area contributed by atoms with Crippen LogP contribution in [-0.2, 0) is 6.54 Å². The van der Waals surface area contributed by atoms with E-state index in [1.807, 2.05) is 0 Å². The molecule has 3 rings (SSSR count). The van der Waals surface area contributed by atoms with Gasteiger partial charge in [0.25, 0.3) is 0 Å². The Morgan fingerprint density at radius 1 is 1.47 bits per heavy atom. The van der Waals surface area contributed by atoms with Crippen molar-refractivity contribution in [2.45, 2.75) is 32.4 Å². The van der Waals surface area contributed by atoms with E-state index >= 15 is 0 Å². The smallest absolute Gasteiger partial charge is 0.305 e. The number of hydrogen-bond acceptors (Lipinski definition) is 2. The summed E-state index contributed by atoms with van der Waals surface area (Å²) in [7, 11) is 0. The molecule has 0 bridgehead atoms. The minimum absolute atomic E-state index is 0.219. The monoisotopic (exact) mass is 263 g/mol. The second kappa shape index (κ2) is 4.81. The van der Waals surface area contributed by atoms with Gasteiger partial charge in [0.2, 0.25) is 0 Å². The molecule has 0 amide bonds. The van der Waals surface area contributed by atoms with Crippen molar-refractivity contribution in [3.8, 4) is 0 Å². The van der Waals surface area contributed by atoms with E-state index in [2.05, 4.69) is 16.8 Å². The van der Waals surface area contributed by atoms with Crippen LogP contribution in [-0.4, -0.2) is 33.6 Å². The highest BCUT2D eigenvalue weighted by atomic mass is 19.1. The summed E-state index contributed by atoms with van der Waals surface area (Å²) in [6, 6.07) is 5.09. The first kappa shape index (κ1) is 12.4. The number of H-pyrrole nitrogens is 1. The molecule has 1 saturated heterocycles. The minimum atomic E-state index is -0.336. The predicted molar refractivity (Wildman–Crippen MR) is 72.8 cm³/mol. The van der Waals surface area contributed by atoms with Crippen LogP contribution in [0.3, 0.4) is 0 Å². The zero-order valence-corrected chi connectivity index (χ0v) is 11.0. The Kier molecular flexibility index (Phi) is 3.14. The van der Waals surface area contributed by atoms with Crippen molar-refractivity contribution in [2.24, 2.45) is 0 Å². The topological polar surface area (TPSA) is 41.0 Å². The lowest BCUT2D eigenvalue weighted by molar-refractivity contribution is 0.244. The molecule has 1 aromatic heterocycles. The predicted octanol–water partition coefficient (Wildman–Crippen LogP) is 1.95. The van der Waals surface area contributed by atoms with Gasteiger partial charge < -0.3 is 4.98 Å². The van der Waals surface area contributed by atoms with Gasteiger partial charge in [-0.05, 0) is 38.1 Å². The third kappa shape index (κ3) is 2.08. The fourth-order valence-electron chi connectivity index (χ4n) is 3.08. The van der Waals surface area contributed by atoms with Crippen LogP contribution in [0.25, 0.3) is 11.0 Å². The molecule has 1 aliphatic rings. The average Bonchev–Trinajstić information content (AvgIpc) is 2.96. The Labute approximate surface area is 110 Å². The number of para-hydroxylation sites is 1. The maximum atomic E-state index is 13.9. The highest BCUT2D eigenvalue weighted by Crippen LogP contribution is 2.20. The summed E-state index contributed by atoms with van der Waals surface area (Å²) in [6.45, 7) is 4.73. The fourth-order valence-corrected chi connectivity index (χ4v) is 3.08. The van der Waals surface area contributed by atoms with Crippen LogP contribution in [0.4, 0.5) is 4.39 Å². The quantitative estimate of drug-likeness (QED) is 0.919. The molecular formula is C14H18FN3O. The van der Waals surface area contributed by atoms with E-state index in [9.17, 15) is 9.18 Å². The van der Waals surface area contributed by atoms with Gasteiger partial charge in [-0.25, -0.2) is 9.18 Å². The molecule has 1 atom stereocenters. The Morgan fingerprint density at radius 3 is 3.11 bits per heavy atom. The van der Waals surface area contributed by atoms with Crippen molar-refractivity contribution >= 4 is 11.0 Å². The number of imidazole rings is 1. The van der Waals surface area contributed by atoms with Crippen LogP contribution in [0.1, 0.15) is 19.8 Å². The van der Waals surface area contributed by atoms with Gasteiger partial charge in [0.1, 0.15) is 11.3 Å². The average molecular weight is 263 g/mol. The first-order valence-electron chi connectivity index (χ1n) is 6.81. The number of rotatable bonds is 3. The highest BCUT2D eigenvalue weighted by Gasteiger charge is 2.25. The Hall–Kier alpha value is -1.62. The standard InChI is InChI=1S/C14H18FN3O/c1-2-17-8-4-5-10(17)9-18-13-11(15)6-3-7-12(13)16-14(18)19/h3,6-7,10H,2,4-5,8-9H2,1H3,(H,16,19). The van der Waals surface area contributed by atoms with E-state index in [1.165, 1.54) is 6.07 Å². The van der Waals surface area contributed by atoms with E-state index in [4.69, 9.17) is 0 Å². The molecule has 2 heterocycles. The summed E-state index contributed by atoms with van der Waals surface area (Å²) in [5.41, 5.74) is 0.754. The van der Waals surface area contributed by atoms with Gasteiger partial charge in [-0.3, -0.25) is 9.47 Å². The number of aromatic nitrogens is 2. The lowest BCUT2D eigenvalue weighted by atomic mass is 10.2. The van der Waals surface area contributed by atoms with Gasteiger partial charge >= 0.3 is 5.69 Å². The maximum Gasteiger partial charge on any atom is 0.326 e. The van der Waals surface area contributed by atoms with Crippen LogP contribution in [0, 0.1) is 5.82 Å². The number of halogens is 1. The molecule has 2 aromatic rings. The molecule has 0 aliphatic carbocycles. The number of aromatic amines is 1. The third-order valence-corrected chi connectivity index (χ3v) is 4.04. The van der Waals surface area contributed by atoms with Crippen LogP contribution in [0.2, 0.25) is 0 Å². The van der Waals surface area contributed by atoms with Gasteiger partial charge in [-0.15, -0.1) is 0 Å². The number of likely N-dealkylation sites (N-methyl/N-ethyl adjacent to an activating group) is 1. The maximum absolute atomic E-state index is 13.9. The molecule has 0 saturated carbocycles. The Bertz CT molecular complexity index is 646.